The molecule has 1 saturated carbocycles. The number of aromatic nitrogens is 1. The van der Waals surface area contributed by atoms with Gasteiger partial charge in [-0.25, -0.2) is 0 Å². The van der Waals surface area contributed by atoms with Gasteiger partial charge in [0.2, 0.25) is 0 Å². The first-order valence-electron chi connectivity index (χ1n) is 8.02. The van der Waals surface area contributed by atoms with E-state index in [4.69, 9.17) is 5.73 Å². The van der Waals surface area contributed by atoms with Crippen LogP contribution in [-0.2, 0) is 11.8 Å². The molecule has 3 N–H and O–H groups in total. The first-order valence-corrected chi connectivity index (χ1v) is 8.02. The number of hydrogen-bond donors (Lipinski definition) is 2. The third-order valence-corrected chi connectivity index (χ3v) is 5.19. The zero-order chi connectivity index (χ0) is 14.2. The molecule has 0 radical (unpaired) electrons. The van der Waals surface area contributed by atoms with Crippen molar-refractivity contribution in [2.24, 2.45) is 5.73 Å². The summed E-state index contributed by atoms with van der Waals surface area (Å²) in [6, 6.07) is 6.84. The third-order valence-electron chi connectivity index (χ3n) is 5.19. The summed E-state index contributed by atoms with van der Waals surface area (Å²) in [5.41, 5.74) is 12.0. The number of fused-ring (bicyclic) bond motifs is 1. The number of nitrogens with two attached hydrogens (primary N) is 1. The summed E-state index contributed by atoms with van der Waals surface area (Å²) in [5, 5.41) is 1.41. The standard InChI is InChI=1S/C18H26N2/c1-3-14-7-8-16-15(11-14)17(13(2)20-16)18(12-19)9-5-4-6-10-18/h7-8,11,20H,3-6,9-10,12,19H2,1-2H3. The molecule has 1 fully saturated rings. The predicted octanol–water partition coefficient (Wildman–Crippen LogP) is 4.20. The van der Waals surface area contributed by atoms with Crippen LogP contribution in [0.25, 0.3) is 10.9 Å². The lowest BCUT2D eigenvalue weighted by molar-refractivity contribution is 0.302. The van der Waals surface area contributed by atoms with Gasteiger partial charge in [0.15, 0.2) is 0 Å². The lowest BCUT2D eigenvalue weighted by Gasteiger charge is -2.37. The highest BCUT2D eigenvalue weighted by Gasteiger charge is 2.35. The third kappa shape index (κ3) is 2.07. The largest absolute Gasteiger partial charge is 0.358 e. The number of benzene rings is 1. The van der Waals surface area contributed by atoms with Crippen molar-refractivity contribution in [3.63, 3.8) is 0 Å². The number of aryl methyl sites for hydroxylation is 2. The van der Waals surface area contributed by atoms with E-state index in [0.717, 1.165) is 13.0 Å². The van der Waals surface area contributed by atoms with Crippen LogP contribution in [0.2, 0.25) is 0 Å². The summed E-state index contributed by atoms with van der Waals surface area (Å²) < 4.78 is 0. The van der Waals surface area contributed by atoms with Crippen LogP contribution in [0.15, 0.2) is 18.2 Å². The molecule has 2 aromatic rings. The highest BCUT2D eigenvalue weighted by Crippen LogP contribution is 2.43. The van der Waals surface area contributed by atoms with Crippen LogP contribution < -0.4 is 5.73 Å². The van der Waals surface area contributed by atoms with Crippen molar-refractivity contribution in [3.8, 4) is 0 Å². The quantitative estimate of drug-likeness (QED) is 0.862. The van der Waals surface area contributed by atoms with E-state index < -0.39 is 0 Å². The molecule has 0 atom stereocenters. The SMILES string of the molecule is CCc1ccc2[nH]c(C)c(C3(CN)CCCCC3)c2c1. The summed E-state index contributed by atoms with van der Waals surface area (Å²) in [6.45, 7) is 5.21. The van der Waals surface area contributed by atoms with Crippen LogP contribution in [0, 0.1) is 6.92 Å². The summed E-state index contributed by atoms with van der Waals surface area (Å²) >= 11 is 0. The van der Waals surface area contributed by atoms with Gasteiger partial charge < -0.3 is 10.7 Å². The van der Waals surface area contributed by atoms with Gasteiger partial charge in [-0.05, 0) is 49.4 Å². The Hall–Kier alpha value is -1.28. The minimum Gasteiger partial charge on any atom is -0.358 e. The molecule has 3 rings (SSSR count). The lowest BCUT2D eigenvalue weighted by Crippen LogP contribution is -2.37. The monoisotopic (exact) mass is 270 g/mol. The molecule has 1 aliphatic carbocycles. The maximum absolute atomic E-state index is 6.25. The van der Waals surface area contributed by atoms with Gasteiger partial charge in [-0.2, -0.15) is 0 Å². The molecule has 0 aliphatic heterocycles. The second-order valence-corrected chi connectivity index (χ2v) is 6.40. The Morgan fingerprint density at radius 1 is 1.20 bits per heavy atom. The smallest absolute Gasteiger partial charge is 0.0459 e. The Labute approximate surface area is 121 Å². The molecular weight excluding hydrogens is 244 g/mol. The van der Waals surface area contributed by atoms with E-state index >= 15 is 0 Å². The van der Waals surface area contributed by atoms with Crippen LogP contribution in [0.3, 0.4) is 0 Å². The van der Waals surface area contributed by atoms with Crippen molar-refractivity contribution in [2.45, 2.75) is 57.8 Å². The Bertz CT molecular complexity index is 603. The van der Waals surface area contributed by atoms with E-state index in [-0.39, 0.29) is 5.41 Å². The normalized spacial score (nSPS) is 18.6. The number of nitrogens with one attached hydrogen (secondary N) is 1. The number of H-pyrrole nitrogens is 1. The molecule has 1 aromatic heterocycles. The summed E-state index contributed by atoms with van der Waals surface area (Å²) in [5.74, 6) is 0. The Balaban J connectivity index is 2.20. The molecule has 2 nitrogen and oxygen atoms in total. The van der Waals surface area contributed by atoms with E-state index in [1.165, 1.54) is 59.8 Å². The van der Waals surface area contributed by atoms with E-state index in [1.807, 2.05) is 0 Å². The zero-order valence-electron chi connectivity index (χ0n) is 12.8. The van der Waals surface area contributed by atoms with Crippen molar-refractivity contribution < 1.29 is 0 Å². The van der Waals surface area contributed by atoms with Crippen molar-refractivity contribution in [2.75, 3.05) is 6.54 Å². The number of hydrogen-bond acceptors (Lipinski definition) is 1. The molecule has 0 saturated heterocycles. The second-order valence-electron chi connectivity index (χ2n) is 6.40. The van der Waals surface area contributed by atoms with Crippen LogP contribution in [0.5, 0.6) is 0 Å². The van der Waals surface area contributed by atoms with Crippen LogP contribution in [0.1, 0.15) is 55.8 Å². The van der Waals surface area contributed by atoms with E-state index in [0.29, 0.717) is 0 Å². The van der Waals surface area contributed by atoms with Gasteiger partial charge in [0.25, 0.3) is 0 Å². The fourth-order valence-corrected chi connectivity index (χ4v) is 4.06. The molecule has 0 spiro atoms. The molecule has 0 amide bonds. The fraction of sp³-hybridized carbons (Fsp3) is 0.556. The Morgan fingerprint density at radius 2 is 1.95 bits per heavy atom. The van der Waals surface area contributed by atoms with Crippen LogP contribution >= 0.6 is 0 Å². The van der Waals surface area contributed by atoms with Crippen molar-refractivity contribution in [3.05, 3.63) is 35.0 Å². The average molecular weight is 270 g/mol. The van der Waals surface area contributed by atoms with Crippen LogP contribution in [0.4, 0.5) is 0 Å². The summed E-state index contributed by atoms with van der Waals surface area (Å²) in [4.78, 5) is 3.58. The molecule has 0 bridgehead atoms. The maximum atomic E-state index is 6.25. The van der Waals surface area contributed by atoms with Gasteiger partial charge in [-0.1, -0.05) is 32.3 Å². The summed E-state index contributed by atoms with van der Waals surface area (Å²) in [6.07, 6.45) is 7.58. The van der Waals surface area contributed by atoms with Gasteiger partial charge in [0.1, 0.15) is 0 Å². The van der Waals surface area contributed by atoms with Crippen LogP contribution in [-0.4, -0.2) is 11.5 Å². The average Bonchev–Trinajstić information content (AvgIpc) is 2.83. The minimum atomic E-state index is 0.201. The molecule has 20 heavy (non-hydrogen) atoms. The van der Waals surface area contributed by atoms with Gasteiger partial charge in [0.05, 0.1) is 0 Å². The number of rotatable bonds is 3. The molecule has 0 unspecified atom stereocenters. The lowest BCUT2D eigenvalue weighted by atomic mass is 9.68. The summed E-state index contributed by atoms with van der Waals surface area (Å²) in [7, 11) is 0. The Morgan fingerprint density at radius 3 is 2.60 bits per heavy atom. The number of aromatic amines is 1. The predicted molar refractivity (Wildman–Crippen MR) is 86.2 cm³/mol. The highest BCUT2D eigenvalue weighted by atomic mass is 14.7. The minimum absolute atomic E-state index is 0.201. The zero-order valence-corrected chi connectivity index (χ0v) is 12.8. The topological polar surface area (TPSA) is 41.8 Å². The van der Waals surface area contributed by atoms with Gasteiger partial charge in [-0.15, -0.1) is 0 Å². The van der Waals surface area contributed by atoms with Gasteiger partial charge >= 0.3 is 0 Å². The molecule has 1 aromatic carbocycles. The molecular formula is C18H26N2. The van der Waals surface area contributed by atoms with Gasteiger partial charge in [0, 0.05) is 28.6 Å². The van der Waals surface area contributed by atoms with Crippen molar-refractivity contribution in [1.29, 1.82) is 0 Å². The van der Waals surface area contributed by atoms with E-state index in [1.54, 1.807) is 0 Å². The molecule has 1 aliphatic rings. The molecule has 1 heterocycles. The Kier molecular flexibility index (Phi) is 3.59. The maximum Gasteiger partial charge on any atom is 0.0459 e. The van der Waals surface area contributed by atoms with Crippen molar-refractivity contribution in [1.82, 2.24) is 4.98 Å². The molecule has 108 valence electrons. The fourth-order valence-electron chi connectivity index (χ4n) is 4.06. The van der Waals surface area contributed by atoms with Crippen molar-refractivity contribution >= 4 is 10.9 Å². The first kappa shape index (κ1) is 13.7. The highest BCUT2D eigenvalue weighted by molar-refractivity contribution is 5.86. The second kappa shape index (κ2) is 5.25. The van der Waals surface area contributed by atoms with Gasteiger partial charge in [-0.3, -0.25) is 0 Å². The molecule has 2 heteroatoms. The van der Waals surface area contributed by atoms with E-state index in [9.17, 15) is 0 Å². The first-order chi connectivity index (χ1) is 9.70. The van der Waals surface area contributed by atoms with E-state index in [2.05, 4.69) is 37.0 Å².